The molecule has 21 heavy (non-hydrogen) atoms. The molecule has 0 saturated heterocycles. The van der Waals surface area contributed by atoms with Crippen LogP contribution in [0, 0.1) is 6.92 Å². The molecule has 2 aromatic carbocycles. The normalized spacial score (nSPS) is 10.4. The minimum absolute atomic E-state index is 0. The molecule has 0 N–H and O–H groups in total. The number of aromatic nitrogens is 2. The Balaban J connectivity index is 0.00000161. The van der Waals surface area contributed by atoms with Crippen LogP contribution in [0.5, 0.6) is 0 Å². The van der Waals surface area contributed by atoms with Crippen molar-refractivity contribution in [3.8, 4) is 5.69 Å². The number of para-hydroxylation sites is 2. The molecule has 0 saturated carbocycles. The fourth-order valence-corrected chi connectivity index (χ4v) is 2.33. The predicted molar refractivity (Wildman–Crippen MR) is 84.1 cm³/mol. The number of rotatable bonds is 2. The highest BCUT2D eigenvalue weighted by Crippen LogP contribution is 2.16. The zero-order valence-corrected chi connectivity index (χ0v) is 12.2. The van der Waals surface area contributed by atoms with Gasteiger partial charge in [-0.1, -0.05) is 30.3 Å². The summed E-state index contributed by atoms with van der Waals surface area (Å²) in [6.45, 7) is 1.10. The number of fused-ring (bicyclic) bond motifs is 1. The monoisotopic (exact) mass is 304 g/mol. The van der Waals surface area contributed by atoms with Crippen molar-refractivity contribution in [2.75, 3.05) is 0 Å². The van der Waals surface area contributed by atoms with Gasteiger partial charge in [0.1, 0.15) is 12.5 Å². The molecule has 0 unspecified atom stereocenters. The highest BCUT2D eigenvalue weighted by atomic mass is 35.5. The Morgan fingerprint density at radius 1 is 1.10 bits per heavy atom. The van der Waals surface area contributed by atoms with Gasteiger partial charge in [0.15, 0.2) is 0 Å². The van der Waals surface area contributed by atoms with E-state index in [2.05, 4.69) is 4.98 Å². The predicted octanol–water partition coefficient (Wildman–Crippen LogP) is 3.59. The van der Waals surface area contributed by atoms with E-state index in [9.17, 15) is 9.18 Å². The SMILES string of the molecule is Cc1ccccc1-n1c(CF)nc2ccccc2c1=O.Cl. The van der Waals surface area contributed by atoms with Crippen molar-refractivity contribution in [1.29, 1.82) is 0 Å². The van der Waals surface area contributed by atoms with Gasteiger partial charge in [0.05, 0.1) is 16.6 Å². The van der Waals surface area contributed by atoms with Crippen LogP contribution in [0.25, 0.3) is 16.6 Å². The van der Waals surface area contributed by atoms with E-state index in [0.29, 0.717) is 16.6 Å². The van der Waals surface area contributed by atoms with Crippen molar-refractivity contribution in [3.63, 3.8) is 0 Å². The van der Waals surface area contributed by atoms with Crippen LogP contribution in [-0.2, 0) is 6.67 Å². The first-order chi connectivity index (χ1) is 9.72. The zero-order valence-electron chi connectivity index (χ0n) is 11.4. The fourth-order valence-electron chi connectivity index (χ4n) is 2.33. The molecule has 3 rings (SSSR count). The van der Waals surface area contributed by atoms with Crippen LogP contribution < -0.4 is 5.56 Å². The van der Waals surface area contributed by atoms with Gasteiger partial charge in [-0.3, -0.25) is 9.36 Å². The van der Waals surface area contributed by atoms with Gasteiger partial charge in [-0.15, -0.1) is 12.4 Å². The summed E-state index contributed by atoms with van der Waals surface area (Å²) in [4.78, 5) is 16.9. The highest BCUT2D eigenvalue weighted by molar-refractivity contribution is 5.85. The lowest BCUT2D eigenvalue weighted by atomic mass is 10.2. The second-order valence-electron chi connectivity index (χ2n) is 4.61. The molecule has 1 aromatic heterocycles. The Kier molecular flexibility index (Phi) is 4.38. The average Bonchev–Trinajstić information content (AvgIpc) is 2.48. The Bertz CT molecular complexity index is 845. The van der Waals surface area contributed by atoms with Gasteiger partial charge < -0.3 is 0 Å². The average molecular weight is 305 g/mol. The minimum Gasteiger partial charge on any atom is -0.268 e. The molecule has 5 heteroatoms. The largest absolute Gasteiger partial charge is 0.268 e. The summed E-state index contributed by atoms with van der Waals surface area (Å²) < 4.78 is 14.6. The van der Waals surface area contributed by atoms with E-state index in [-0.39, 0.29) is 23.8 Å². The van der Waals surface area contributed by atoms with Crippen LogP contribution >= 0.6 is 12.4 Å². The molecule has 0 amide bonds. The fraction of sp³-hybridized carbons (Fsp3) is 0.125. The van der Waals surface area contributed by atoms with Crippen molar-refractivity contribution in [2.45, 2.75) is 13.6 Å². The highest BCUT2D eigenvalue weighted by Gasteiger charge is 2.13. The van der Waals surface area contributed by atoms with Crippen LogP contribution in [0.4, 0.5) is 4.39 Å². The number of hydrogen-bond acceptors (Lipinski definition) is 2. The number of benzene rings is 2. The molecule has 0 aliphatic carbocycles. The zero-order chi connectivity index (χ0) is 14.1. The molecule has 0 aliphatic heterocycles. The first kappa shape index (κ1) is 15.2. The molecular formula is C16H14ClFN2O. The van der Waals surface area contributed by atoms with Gasteiger partial charge in [-0.25, -0.2) is 9.37 Å². The number of alkyl halides is 1. The summed E-state index contributed by atoms with van der Waals surface area (Å²) in [6, 6.07) is 14.4. The molecule has 0 aliphatic rings. The second-order valence-corrected chi connectivity index (χ2v) is 4.61. The molecule has 3 nitrogen and oxygen atoms in total. The smallest absolute Gasteiger partial charge is 0.266 e. The molecule has 0 fully saturated rings. The van der Waals surface area contributed by atoms with Gasteiger partial charge in [-0.05, 0) is 30.7 Å². The number of halogens is 2. The summed E-state index contributed by atoms with van der Waals surface area (Å²) in [5.74, 6) is 0.128. The van der Waals surface area contributed by atoms with E-state index in [1.165, 1.54) is 4.57 Å². The number of hydrogen-bond donors (Lipinski definition) is 0. The molecule has 0 spiro atoms. The van der Waals surface area contributed by atoms with Gasteiger partial charge in [0.25, 0.3) is 5.56 Å². The molecular weight excluding hydrogens is 291 g/mol. The molecule has 3 aromatic rings. The van der Waals surface area contributed by atoms with Gasteiger partial charge >= 0.3 is 0 Å². The summed E-state index contributed by atoms with van der Waals surface area (Å²) in [5, 5.41) is 0.493. The molecule has 108 valence electrons. The first-order valence-corrected chi connectivity index (χ1v) is 6.35. The quantitative estimate of drug-likeness (QED) is 0.725. The molecule has 0 atom stereocenters. The lowest BCUT2D eigenvalue weighted by Gasteiger charge is -2.13. The summed E-state index contributed by atoms with van der Waals surface area (Å²) in [6.07, 6.45) is 0. The lowest BCUT2D eigenvalue weighted by Crippen LogP contribution is -2.24. The van der Waals surface area contributed by atoms with E-state index in [0.717, 1.165) is 5.56 Å². The number of aryl methyl sites for hydroxylation is 1. The van der Waals surface area contributed by atoms with Crippen LogP contribution in [-0.4, -0.2) is 9.55 Å². The van der Waals surface area contributed by atoms with E-state index in [1.807, 2.05) is 25.1 Å². The van der Waals surface area contributed by atoms with Crippen molar-refractivity contribution < 1.29 is 4.39 Å². The molecule has 0 radical (unpaired) electrons. The van der Waals surface area contributed by atoms with Crippen LogP contribution in [0.3, 0.4) is 0 Å². The van der Waals surface area contributed by atoms with Crippen LogP contribution in [0.1, 0.15) is 11.4 Å². The summed E-state index contributed by atoms with van der Waals surface area (Å²) in [5.41, 5.74) is 1.86. The van der Waals surface area contributed by atoms with Gasteiger partial charge in [0, 0.05) is 0 Å². The second kappa shape index (κ2) is 6.06. The Morgan fingerprint density at radius 3 is 2.48 bits per heavy atom. The third-order valence-corrected chi connectivity index (χ3v) is 3.32. The lowest BCUT2D eigenvalue weighted by molar-refractivity contribution is 0.457. The Hall–Kier alpha value is -2.20. The van der Waals surface area contributed by atoms with Crippen molar-refractivity contribution in [2.24, 2.45) is 0 Å². The van der Waals surface area contributed by atoms with E-state index in [1.54, 1.807) is 30.3 Å². The molecule has 1 heterocycles. The van der Waals surface area contributed by atoms with E-state index >= 15 is 0 Å². The van der Waals surface area contributed by atoms with Crippen molar-refractivity contribution >= 4 is 23.3 Å². The van der Waals surface area contributed by atoms with E-state index in [4.69, 9.17) is 0 Å². The van der Waals surface area contributed by atoms with Gasteiger partial charge in [-0.2, -0.15) is 0 Å². The van der Waals surface area contributed by atoms with Gasteiger partial charge in [0.2, 0.25) is 0 Å². The standard InChI is InChI=1S/C16H13FN2O.ClH/c1-11-6-2-5-9-14(11)19-15(10-17)18-13-8-4-3-7-12(13)16(19)20;/h2-9H,10H2,1H3;1H. The maximum Gasteiger partial charge on any atom is 0.266 e. The van der Waals surface area contributed by atoms with Crippen LogP contribution in [0.2, 0.25) is 0 Å². The van der Waals surface area contributed by atoms with Crippen molar-refractivity contribution in [3.05, 3.63) is 70.3 Å². The van der Waals surface area contributed by atoms with Crippen molar-refractivity contribution in [1.82, 2.24) is 9.55 Å². The van der Waals surface area contributed by atoms with E-state index < -0.39 is 6.67 Å². The molecule has 0 bridgehead atoms. The maximum absolute atomic E-state index is 13.3. The van der Waals surface area contributed by atoms with Crippen LogP contribution in [0.15, 0.2) is 53.3 Å². The Labute approximate surface area is 127 Å². The summed E-state index contributed by atoms with van der Waals surface area (Å²) in [7, 11) is 0. The topological polar surface area (TPSA) is 34.9 Å². The first-order valence-electron chi connectivity index (χ1n) is 6.35. The maximum atomic E-state index is 13.3. The third kappa shape index (κ3) is 2.54. The summed E-state index contributed by atoms with van der Waals surface area (Å²) >= 11 is 0. The third-order valence-electron chi connectivity index (χ3n) is 3.32. The number of nitrogens with zero attached hydrogens (tertiary/aromatic N) is 2. The Morgan fingerprint density at radius 2 is 1.76 bits per heavy atom. The minimum atomic E-state index is -0.783.